The van der Waals surface area contributed by atoms with Crippen LogP contribution < -0.4 is 0 Å². The van der Waals surface area contributed by atoms with Crippen LogP contribution in [0.25, 0.3) is 0 Å². The third-order valence-corrected chi connectivity index (χ3v) is 2.81. The van der Waals surface area contributed by atoms with Gasteiger partial charge in [-0.1, -0.05) is 25.5 Å². The lowest BCUT2D eigenvalue weighted by Crippen LogP contribution is -2.19. The Morgan fingerprint density at radius 3 is 2.70 bits per heavy atom. The van der Waals surface area contributed by atoms with Crippen LogP contribution in [0.1, 0.15) is 20.3 Å². The van der Waals surface area contributed by atoms with E-state index in [0.29, 0.717) is 0 Å². The van der Waals surface area contributed by atoms with Gasteiger partial charge in [0.1, 0.15) is 0 Å². The number of hydrogen-bond donors (Lipinski definition) is 0. The summed E-state index contributed by atoms with van der Waals surface area (Å²) < 4.78 is 2.32. The predicted molar refractivity (Wildman–Crippen MR) is 53.1 cm³/mol. The number of nitrogens with zero attached hydrogens (tertiary/aromatic N) is 1. The molecule has 10 heavy (non-hydrogen) atoms. The summed E-state index contributed by atoms with van der Waals surface area (Å²) >= 11 is 2.38. The van der Waals surface area contributed by atoms with Crippen molar-refractivity contribution in [2.75, 3.05) is 13.1 Å². The van der Waals surface area contributed by atoms with E-state index in [-0.39, 0.29) is 0 Å². The average Bonchev–Trinajstić information content (AvgIpc) is 1.88. The van der Waals surface area contributed by atoms with E-state index in [4.69, 9.17) is 0 Å². The van der Waals surface area contributed by atoms with Crippen molar-refractivity contribution in [2.24, 2.45) is 5.92 Å². The first-order chi connectivity index (χ1) is 4.70. The van der Waals surface area contributed by atoms with E-state index >= 15 is 0 Å². The molecule has 1 aliphatic heterocycles. The van der Waals surface area contributed by atoms with Crippen molar-refractivity contribution in [1.82, 2.24) is 3.11 Å². The average molecular weight is 251 g/mol. The summed E-state index contributed by atoms with van der Waals surface area (Å²) in [7, 11) is 0. The molecule has 0 atom stereocenters. The Hall–Kier alpha value is 0.430. The Bertz CT molecular complexity index is 140. The van der Waals surface area contributed by atoms with Crippen LogP contribution in [-0.4, -0.2) is 16.2 Å². The van der Waals surface area contributed by atoms with Gasteiger partial charge in [-0.3, -0.25) is 0 Å². The zero-order valence-electron chi connectivity index (χ0n) is 6.60. The van der Waals surface area contributed by atoms with Gasteiger partial charge >= 0.3 is 0 Å². The highest BCUT2D eigenvalue weighted by Gasteiger charge is 2.10. The van der Waals surface area contributed by atoms with Gasteiger partial charge in [-0.25, -0.2) is 3.11 Å². The second-order valence-corrected chi connectivity index (χ2v) is 4.42. The molecule has 0 N–H and O–H groups in total. The minimum absolute atomic E-state index is 0.755. The van der Waals surface area contributed by atoms with Crippen molar-refractivity contribution >= 4 is 22.9 Å². The van der Waals surface area contributed by atoms with Crippen LogP contribution in [-0.2, 0) is 0 Å². The molecular weight excluding hydrogens is 237 g/mol. The quantitative estimate of drug-likeness (QED) is 0.393. The molecule has 0 radical (unpaired) electrons. The maximum atomic E-state index is 2.38. The fraction of sp³-hybridized carbons (Fsp3) is 0.750. The van der Waals surface area contributed by atoms with E-state index in [0.717, 1.165) is 12.5 Å². The highest BCUT2D eigenvalue weighted by atomic mass is 127. The first-order valence-corrected chi connectivity index (χ1v) is 4.76. The van der Waals surface area contributed by atoms with Gasteiger partial charge in [-0.2, -0.15) is 0 Å². The summed E-state index contributed by atoms with van der Waals surface area (Å²) in [5.41, 5.74) is 1.63. The smallest absolute Gasteiger partial charge is 0.0264 e. The summed E-state index contributed by atoms with van der Waals surface area (Å²) in [4.78, 5) is 0. The highest BCUT2D eigenvalue weighted by Crippen LogP contribution is 2.19. The van der Waals surface area contributed by atoms with E-state index in [9.17, 15) is 0 Å². The van der Waals surface area contributed by atoms with Gasteiger partial charge in [0, 0.05) is 36.0 Å². The summed E-state index contributed by atoms with van der Waals surface area (Å²) in [6.45, 7) is 6.90. The number of rotatable bonds is 1. The first-order valence-electron chi connectivity index (χ1n) is 3.80. The van der Waals surface area contributed by atoms with E-state index < -0.39 is 0 Å². The van der Waals surface area contributed by atoms with Gasteiger partial charge in [-0.05, 0) is 12.3 Å². The molecule has 0 aromatic rings. The van der Waals surface area contributed by atoms with Crippen molar-refractivity contribution in [3.63, 3.8) is 0 Å². The van der Waals surface area contributed by atoms with Gasteiger partial charge in [0.2, 0.25) is 0 Å². The SMILES string of the molecule is CC(C)C1=CCN(I)CC1. The second kappa shape index (κ2) is 3.72. The zero-order chi connectivity index (χ0) is 7.56. The van der Waals surface area contributed by atoms with Crippen LogP contribution in [0.3, 0.4) is 0 Å². The Balaban J connectivity index is 2.48. The molecule has 0 fully saturated rings. The summed E-state index contributed by atoms with van der Waals surface area (Å²) in [6, 6.07) is 0. The predicted octanol–water partition coefficient (Wildman–Crippen LogP) is 2.62. The topological polar surface area (TPSA) is 3.24 Å². The molecule has 0 saturated heterocycles. The monoisotopic (exact) mass is 251 g/mol. The van der Waals surface area contributed by atoms with Crippen molar-refractivity contribution in [1.29, 1.82) is 0 Å². The van der Waals surface area contributed by atoms with Crippen molar-refractivity contribution in [3.8, 4) is 0 Å². The maximum absolute atomic E-state index is 2.38. The zero-order valence-corrected chi connectivity index (χ0v) is 8.76. The van der Waals surface area contributed by atoms with E-state index in [2.05, 4.69) is 45.9 Å². The molecule has 2 heteroatoms. The molecule has 1 nitrogen and oxygen atoms in total. The van der Waals surface area contributed by atoms with Gasteiger partial charge in [0.05, 0.1) is 0 Å². The molecule has 0 unspecified atom stereocenters. The fourth-order valence-electron chi connectivity index (χ4n) is 1.18. The molecule has 0 saturated carbocycles. The Labute approximate surface area is 77.0 Å². The molecule has 0 aromatic carbocycles. The molecule has 0 aliphatic carbocycles. The highest BCUT2D eigenvalue weighted by molar-refractivity contribution is 14.1. The molecular formula is C8H14IN. The maximum Gasteiger partial charge on any atom is 0.0264 e. The van der Waals surface area contributed by atoms with Crippen molar-refractivity contribution in [2.45, 2.75) is 20.3 Å². The molecule has 0 aromatic heterocycles. The van der Waals surface area contributed by atoms with Gasteiger partial charge < -0.3 is 0 Å². The first kappa shape index (κ1) is 8.53. The van der Waals surface area contributed by atoms with E-state index in [1.807, 2.05) is 0 Å². The largest absolute Gasteiger partial charge is 0.243 e. The van der Waals surface area contributed by atoms with Crippen LogP contribution in [0.2, 0.25) is 0 Å². The van der Waals surface area contributed by atoms with Crippen molar-refractivity contribution in [3.05, 3.63) is 11.6 Å². The molecule has 1 rings (SSSR count). The minimum Gasteiger partial charge on any atom is -0.243 e. The van der Waals surface area contributed by atoms with Crippen molar-refractivity contribution < 1.29 is 0 Å². The molecule has 0 bridgehead atoms. The Morgan fingerprint density at radius 2 is 2.30 bits per heavy atom. The van der Waals surface area contributed by atoms with Crippen LogP contribution >= 0.6 is 22.9 Å². The molecule has 0 amide bonds. The third-order valence-electron chi connectivity index (χ3n) is 1.94. The van der Waals surface area contributed by atoms with Gasteiger partial charge in [0.15, 0.2) is 0 Å². The third kappa shape index (κ3) is 2.23. The van der Waals surface area contributed by atoms with Crippen LogP contribution in [0.4, 0.5) is 0 Å². The summed E-state index contributed by atoms with van der Waals surface area (Å²) in [5, 5.41) is 0. The lowest BCUT2D eigenvalue weighted by atomic mass is 9.98. The minimum atomic E-state index is 0.755. The van der Waals surface area contributed by atoms with Gasteiger partial charge in [0.25, 0.3) is 0 Å². The fourth-order valence-corrected chi connectivity index (χ4v) is 1.62. The Kier molecular flexibility index (Phi) is 3.17. The molecule has 1 aliphatic rings. The molecule has 0 spiro atoms. The normalized spacial score (nSPS) is 21.4. The molecule has 1 heterocycles. The van der Waals surface area contributed by atoms with E-state index in [1.165, 1.54) is 13.0 Å². The standard InChI is InChI=1S/C8H14IN/c1-7(2)8-3-5-10(9)6-4-8/h3,7H,4-6H2,1-2H3. The van der Waals surface area contributed by atoms with Gasteiger partial charge in [-0.15, -0.1) is 0 Å². The number of hydrogen-bond acceptors (Lipinski definition) is 1. The van der Waals surface area contributed by atoms with Crippen LogP contribution in [0.5, 0.6) is 0 Å². The summed E-state index contributed by atoms with van der Waals surface area (Å²) in [6.07, 6.45) is 3.63. The lowest BCUT2D eigenvalue weighted by Gasteiger charge is -2.21. The second-order valence-electron chi connectivity index (χ2n) is 3.05. The van der Waals surface area contributed by atoms with Crippen LogP contribution in [0.15, 0.2) is 11.6 Å². The van der Waals surface area contributed by atoms with E-state index in [1.54, 1.807) is 5.57 Å². The van der Waals surface area contributed by atoms with Crippen LogP contribution in [0, 0.1) is 5.92 Å². The Morgan fingerprint density at radius 1 is 1.60 bits per heavy atom. The lowest BCUT2D eigenvalue weighted by molar-refractivity contribution is 0.511. The number of halogens is 1. The molecule has 58 valence electrons. The summed E-state index contributed by atoms with van der Waals surface area (Å²) in [5.74, 6) is 0.755.